The van der Waals surface area contributed by atoms with E-state index in [1.54, 1.807) is 23.5 Å². The van der Waals surface area contributed by atoms with Crippen LogP contribution in [0.1, 0.15) is 4.88 Å². The molecule has 1 N–H and O–H groups in total. The average Bonchev–Trinajstić information content (AvgIpc) is 3.02. The van der Waals surface area contributed by atoms with Crippen LogP contribution in [0.15, 0.2) is 53.9 Å². The molecule has 2 heterocycles. The molecule has 0 bridgehead atoms. The predicted octanol–water partition coefficient (Wildman–Crippen LogP) is 4.00. The summed E-state index contributed by atoms with van der Waals surface area (Å²) in [4.78, 5) is 1.35. The number of benzene rings is 1. The van der Waals surface area contributed by atoms with Gasteiger partial charge in [0.05, 0.1) is 5.69 Å². The van der Waals surface area contributed by atoms with Gasteiger partial charge in [0, 0.05) is 17.0 Å². The average molecular weight is 299 g/mol. The van der Waals surface area contributed by atoms with Gasteiger partial charge in [0.25, 0.3) is 0 Å². The first-order chi connectivity index (χ1) is 10.3. The highest BCUT2D eigenvalue weighted by molar-refractivity contribution is 7.09. The van der Waals surface area contributed by atoms with Gasteiger partial charge in [0.15, 0.2) is 0 Å². The van der Waals surface area contributed by atoms with Crippen molar-refractivity contribution < 1.29 is 4.39 Å². The molecule has 3 rings (SSSR count). The minimum absolute atomic E-state index is 0.251. The van der Waals surface area contributed by atoms with Crippen molar-refractivity contribution >= 4 is 17.2 Å². The minimum atomic E-state index is -0.251. The molecule has 0 aliphatic carbocycles. The van der Waals surface area contributed by atoms with Crippen molar-refractivity contribution in [3.8, 4) is 11.3 Å². The maximum absolute atomic E-state index is 12.9. The fraction of sp³-hybridized carbons (Fsp3) is 0.125. The summed E-state index contributed by atoms with van der Waals surface area (Å²) in [7, 11) is 0. The van der Waals surface area contributed by atoms with Crippen molar-refractivity contribution in [3.63, 3.8) is 0 Å². The molecule has 5 heteroatoms. The van der Waals surface area contributed by atoms with Crippen molar-refractivity contribution in [2.75, 3.05) is 11.9 Å². The summed E-state index contributed by atoms with van der Waals surface area (Å²) in [6.07, 6.45) is 0.971. The normalized spacial score (nSPS) is 10.5. The van der Waals surface area contributed by atoms with Crippen LogP contribution >= 0.6 is 11.3 Å². The van der Waals surface area contributed by atoms with Gasteiger partial charge >= 0.3 is 0 Å². The van der Waals surface area contributed by atoms with Gasteiger partial charge < -0.3 is 5.32 Å². The summed E-state index contributed by atoms with van der Waals surface area (Å²) >= 11 is 1.75. The van der Waals surface area contributed by atoms with Gasteiger partial charge in [-0.1, -0.05) is 6.07 Å². The summed E-state index contributed by atoms with van der Waals surface area (Å²) in [5, 5.41) is 13.6. The van der Waals surface area contributed by atoms with Crippen LogP contribution in [0.5, 0.6) is 0 Å². The minimum Gasteiger partial charge on any atom is -0.368 e. The third kappa shape index (κ3) is 3.64. The first-order valence-corrected chi connectivity index (χ1v) is 7.55. The highest BCUT2D eigenvalue weighted by atomic mass is 32.1. The second-order valence-corrected chi connectivity index (χ2v) is 5.60. The van der Waals surface area contributed by atoms with Crippen LogP contribution in [0.3, 0.4) is 0 Å². The number of rotatable bonds is 5. The molecule has 2 aromatic heterocycles. The van der Waals surface area contributed by atoms with Crippen LogP contribution in [0.2, 0.25) is 0 Å². The molecule has 0 spiro atoms. The van der Waals surface area contributed by atoms with E-state index < -0.39 is 0 Å². The number of nitrogens with zero attached hydrogens (tertiary/aromatic N) is 2. The molecule has 0 radical (unpaired) electrons. The van der Waals surface area contributed by atoms with Crippen molar-refractivity contribution in [1.29, 1.82) is 0 Å². The van der Waals surface area contributed by atoms with Gasteiger partial charge in [-0.15, -0.1) is 21.5 Å². The number of nitrogens with one attached hydrogen (secondary N) is 1. The molecular formula is C16H14FN3S. The molecule has 1 aromatic carbocycles. The van der Waals surface area contributed by atoms with Crippen molar-refractivity contribution in [2.45, 2.75) is 6.42 Å². The quantitative estimate of drug-likeness (QED) is 0.774. The lowest BCUT2D eigenvalue weighted by Crippen LogP contribution is -2.06. The monoisotopic (exact) mass is 299 g/mol. The molecule has 0 atom stereocenters. The van der Waals surface area contributed by atoms with E-state index in [1.165, 1.54) is 17.0 Å². The molecule has 0 saturated heterocycles. The van der Waals surface area contributed by atoms with Crippen LogP contribution in [0.4, 0.5) is 10.2 Å². The highest BCUT2D eigenvalue weighted by Crippen LogP contribution is 2.17. The van der Waals surface area contributed by atoms with Gasteiger partial charge in [-0.25, -0.2) is 4.39 Å². The summed E-state index contributed by atoms with van der Waals surface area (Å²) in [6, 6.07) is 14.2. The first kappa shape index (κ1) is 13.7. The van der Waals surface area contributed by atoms with E-state index >= 15 is 0 Å². The Morgan fingerprint density at radius 2 is 1.86 bits per heavy atom. The fourth-order valence-electron chi connectivity index (χ4n) is 1.97. The zero-order valence-corrected chi connectivity index (χ0v) is 12.1. The molecule has 0 aliphatic heterocycles. The second kappa shape index (κ2) is 6.45. The standard InChI is InChI=1S/C16H14FN3S/c17-13-5-3-12(4-6-13)15-7-8-16(20-19-15)18-10-9-14-2-1-11-21-14/h1-8,11H,9-10H2,(H,18,20). The molecule has 0 saturated carbocycles. The Kier molecular flexibility index (Phi) is 4.21. The number of hydrogen-bond donors (Lipinski definition) is 1. The van der Waals surface area contributed by atoms with E-state index in [4.69, 9.17) is 0 Å². The smallest absolute Gasteiger partial charge is 0.148 e. The number of anilines is 1. The molecule has 0 amide bonds. The third-order valence-electron chi connectivity index (χ3n) is 3.06. The number of hydrogen-bond acceptors (Lipinski definition) is 4. The molecule has 21 heavy (non-hydrogen) atoms. The lowest BCUT2D eigenvalue weighted by molar-refractivity contribution is 0.628. The Morgan fingerprint density at radius 1 is 1.00 bits per heavy atom. The number of halogens is 1. The molecule has 0 unspecified atom stereocenters. The van der Waals surface area contributed by atoms with Crippen LogP contribution in [0.25, 0.3) is 11.3 Å². The fourth-order valence-corrected chi connectivity index (χ4v) is 2.68. The summed E-state index contributed by atoms with van der Waals surface area (Å²) in [5.41, 5.74) is 1.59. The van der Waals surface area contributed by atoms with Crippen molar-refractivity contribution in [3.05, 3.63) is 64.6 Å². The SMILES string of the molecule is Fc1ccc(-c2ccc(NCCc3cccs3)nn2)cc1. The van der Waals surface area contributed by atoms with Crippen LogP contribution in [-0.2, 0) is 6.42 Å². The Labute approximate surface area is 126 Å². The topological polar surface area (TPSA) is 37.8 Å². The zero-order chi connectivity index (χ0) is 14.5. The van der Waals surface area contributed by atoms with E-state index in [9.17, 15) is 4.39 Å². The Hall–Kier alpha value is -2.27. The van der Waals surface area contributed by atoms with Crippen LogP contribution in [-0.4, -0.2) is 16.7 Å². The van der Waals surface area contributed by atoms with E-state index in [0.29, 0.717) is 0 Å². The van der Waals surface area contributed by atoms with Gasteiger partial charge in [0.2, 0.25) is 0 Å². The summed E-state index contributed by atoms with van der Waals surface area (Å²) in [5.74, 6) is 0.496. The third-order valence-corrected chi connectivity index (χ3v) is 4.00. The summed E-state index contributed by atoms with van der Waals surface area (Å²) in [6.45, 7) is 0.824. The predicted molar refractivity (Wildman–Crippen MR) is 83.9 cm³/mol. The molecule has 0 fully saturated rings. The maximum Gasteiger partial charge on any atom is 0.148 e. The molecule has 106 valence electrons. The van der Waals surface area contributed by atoms with Gasteiger partial charge in [0.1, 0.15) is 11.6 Å². The van der Waals surface area contributed by atoms with E-state index in [-0.39, 0.29) is 5.82 Å². The van der Waals surface area contributed by atoms with Crippen LogP contribution in [0, 0.1) is 5.82 Å². The lowest BCUT2D eigenvalue weighted by atomic mass is 10.1. The maximum atomic E-state index is 12.9. The molecule has 0 aliphatic rings. The molecule has 3 aromatic rings. The van der Waals surface area contributed by atoms with Crippen molar-refractivity contribution in [2.24, 2.45) is 0 Å². The van der Waals surface area contributed by atoms with E-state index in [2.05, 4.69) is 33.0 Å². The van der Waals surface area contributed by atoms with Gasteiger partial charge in [-0.3, -0.25) is 0 Å². The molecule has 3 nitrogen and oxygen atoms in total. The second-order valence-electron chi connectivity index (χ2n) is 4.57. The zero-order valence-electron chi connectivity index (χ0n) is 11.3. The Morgan fingerprint density at radius 3 is 2.52 bits per heavy atom. The van der Waals surface area contributed by atoms with Crippen molar-refractivity contribution in [1.82, 2.24) is 10.2 Å². The van der Waals surface area contributed by atoms with Crippen LogP contribution < -0.4 is 5.32 Å². The summed E-state index contributed by atoms with van der Waals surface area (Å²) < 4.78 is 12.9. The largest absolute Gasteiger partial charge is 0.368 e. The van der Waals surface area contributed by atoms with Gasteiger partial charge in [-0.05, 0) is 54.3 Å². The number of thiophene rings is 1. The number of aromatic nitrogens is 2. The Balaban J connectivity index is 1.60. The van der Waals surface area contributed by atoms with Gasteiger partial charge in [-0.2, -0.15) is 0 Å². The first-order valence-electron chi connectivity index (χ1n) is 6.67. The molecular weight excluding hydrogens is 285 g/mol. The lowest BCUT2D eigenvalue weighted by Gasteiger charge is -2.05. The highest BCUT2D eigenvalue weighted by Gasteiger charge is 2.01. The van der Waals surface area contributed by atoms with E-state index in [1.807, 2.05) is 12.1 Å². The Bertz CT molecular complexity index is 679. The van der Waals surface area contributed by atoms with E-state index in [0.717, 1.165) is 30.0 Å².